The fraction of sp³-hybridized carbons (Fsp3) is 0.600. The van der Waals surface area contributed by atoms with Gasteiger partial charge in [0, 0.05) is 13.0 Å². The van der Waals surface area contributed by atoms with Gasteiger partial charge in [0.15, 0.2) is 5.96 Å². The number of rotatable bonds is 2. The summed E-state index contributed by atoms with van der Waals surface area (Å²) in [4.78, 5) is 14.9. The van der Waals surface area contributed by atoms with Gasteiger partial charge in [-0.3, -0.25) is 15.1 Å². The Bertz CT molecular complexity index is 672. The number of benzene rings is 1. The Kier molecular flexibility index (Phi) is 2.92. The Balaban J connectivity index is 1.65. The summed E-state index contributed by atoms with van der Waals surface area (Å²) in [6, 6.07) is 10.2. The normalized spacial score (nSPS) is 43.4. The Morgan fingerprint density at radius 2 is 1.62 bits per heavy atom. The third kappa shape index (κ3) is 1.74. The minimum absolute atomic E-state index is 0.0659. The lowest BCUT2D eigenvalue weighted by Gasteiger charge is -2.58. The first-order valence-corrected chi connectivity index (χ1v) is 9.30. The molecule has 4 heteroatoms. The van der Waals surface area contributed by atoms with Crippen LogP contribution in [0.2, 0.25) is 0 Å². The van der Waals surface area contributed by atoms with E-state index in [1.807, 2.05) is 18.2 Å². The molecule has 6 rings (SSSR count). The first kappa shape index (κ1) is 14.5. The van der Waals surface area contributed by atoms with Crippen LogP contribution in [0.5, 0.6) is 0 Å². The van der Waals surface area contributed by atoms with Crippen molar-refractivity contribution < 1.29 is 4.79 Å². The van der Waals surface area contributed by atoms with Gasteiger partial charge in [0.25, 0.3) is 5.91 Å². The van der Waals surface area contributed by atoms with E-state index in [4.69, 9.17) is 5.41 Å². The fourth-order valence-electron chi connectivity index (χ4n) is 6.64. The minimum atomic E-state index is -0.726. The molecule has 5 fully saturated rings. The van der Waals surface area contributed by atoms with Crippen LogP contribution in [0.3, 0.4) is 0 Å². The molecule has 24 heavy (non-hydrogen) atoms. The second-order valence-electron chi connectivity index (χ2n) is 8.47. The molecule has 1 saturated heterocycles. The van der Waals surface area contributed by atoms with E-state index in [0.717, 1.165) is 17.4 Å². The van der Waals surface area contributed by atoms with E-state index >= 15 is 0 Å². The lowest BCUT2D eigenvalue weighted by atomic mass is 9.47. The molecule has 0 aromatic heterocycles. The van der Waals surface area contributed by atoms with Crippen LogP contribution >= 0.6 is 0 Å². The van der Waals surface area contributed by atoms with E-state index in [2.05, 4.69) is 17.4 Å². The number of nitrogens with zero attached hydrogens (tertiary/aromatic N) is 1. The van der Waals surface area contributed by atoms with E-state index in [0.29, 0.717) is 17.8 Å². The zero-order valence-electron chi connectivity index (χ0n) is 14.2. The molecular weight excluding hydrogens is 298 g/mol. The monoisotopic (exact) mass is 323 g/mol. The van der Waals surface area contributed by atoms with Crippen LogP contribution in [-0.2, 0) is 10.3 Å². The quantitative estimate of drug-likeness (QED) is 0.879. The molecule has 5 aliphatic rings. The number of carbonyl (C=O) groups excluding carboxylic acids is 1. The molecule has 1 amide bonds. The molecule has 1 heterocycles. The van der Waals surface area contributed by atoms with Crippen LogP contribution in [0.1, 0.15) is 37.7 Å². The van der Waals surface area contributed by atoms with Gasteiger partial charge in [0.05, 0.1) is 0 Å². The van der Waals surface area contributed by atoms with E-state index in [1.165, 1.54) is 37.0 Å². The molecule has 4 nitrogen and oxygen atoms in total. The second-order valence-corrected chi connectivity index (χ2v) is 8.47. The van der Waals surface area contributed by atoms with Gasteiger partial charge in [-0.15, -0.1) is 0 Å². The van der Waals surface area contributed by atoms with Crippen molar-refractivity contribution in [2.45, 2.75) is 37.6 Å². The first-order valence-electron chi connectivity index (χ1n) is 9.30. The molecule has 0 spiro atoms. The number of carbonyl (C=O) groups is 1. The Hall–Kier alpha value is -1.84. The molecule has 126 valence electrons. The molecule has 1 atom stereocenters. The van der Waals surface area contributed by atoms with E-state index in [1.54, 1.807) is 7.05 Å². The van der Waals surface area contributed by atoms with Crippen LogP contribution in [0, 0.1) is 35.0 Å². The van der Waals surface area contributed by atoms with Gasteiger partial charge in [-0.25, -0.2) is 0 Å². The van der Waals surface area contributed by atoms with E-state index < -0.39 is 5.54 Å². The van der Waals surface area contributed by atoms with E-state index in [-0.39, 0.29) is 11.9 Å². The molecule has 4 saturated carbocycles. The van der Waals surface area contributed by atoms with Crippen LogP contribution in [0.25, 0.3) is 0 Å². The predicted molar refractivity (Wildman–Crippen MR) is 92.3 cm³/mol. The lowest BCUT2D eigenvalue weighted by molar-refractivity contribution is -0.142. The first-order chi connectivity index (χ1) is 11.6. The van der Waals surface area contributed by atoms with Crippen molar-refractivity contribution in [3.63, 3.8) is 0 Å². The summed E-state index contributed by atoms with van der Waals surface area (Å²) in [5, 5.41) is 11.6. The van der Waals surface area contributed by atoms with Crippen molar-refractivity contribution in [2.75, 3.05) is 7.05 Å². The summed E-state index contributed by atoms with van der Waals surface area (Å²) in [7, 11) is 1.73. The second kappa shape index (κ2) is 4.84. The van der Waals surface area contributed by atoms with Crippen molar-refractivity contribution in [1.29, 1.82) is 5.41 Å². The highest BCUT2D eigenvalue weighted by Crippen LogP contribution is 2.61. The molecule has 4 aliphatic carbocycles. The summed E-state index contributed by atoms with van der Waals surface area (Å²) in [6.45, 7) is 0. The van der Waals surface area contributed by atoms with Gasteiger partial charge >= 0.3 is 0 Å². The smallest absolute Gasteiger partial charge is 0.259 e. The van der Waals surface area contributed by atoms with Gasteiger partial charge in [0.1, 0.15) is 5.54 Å². The maximum absolute atomic E-state index is 13.4. The van der Waals surface area contributed by atoms with Gasteiger partial charge in [-0.1, -0.05) is 30.3 Å². The molecule has 1 unspecified atom stereocenters. The van der Waals surface area contributed by atoms with Gasteiger partial charge in [0.2, 0.25) is 0 Å². The highest BCUT2D eigenvalue weighted by atomic mass is 16.2. The van der Waals surface area contributed by atoms with Crippen LogP contribution < -0.4 is 5.32 Å². The number of nitrogens with one attached hydrogen (secondary N) is 2. The number of hydrogen-bond donors (Lipinski definition) is 2. The van der Waals surface area contributed by atoms with Crippen molar-refractivity contribution in [2.24, 2.45) is 29.6 Å². The highest BCUT2D eigenvalue weighted by molar-refractivity contribution is 6.08. The van der Waals surface area contributed by atoms with Crippen molar-refractivity contribution in [3.05, 3.63) is 35.9 Å². The maximum atomic E-state index is 13.4. The van der Waals surface area contributed by atoms with Gasteiger partial charge in [-0.05, 0) is 61.3 Å². The lowest BCUT2D eigenvalue weighted by Crippen LogP contribution is -2.60. The SMILES string of the molecule is CN1C(=N)NC(c2ccccc2)(C2C3CC4CC(C3)CC2C4)C1=O. The zero-order chi connectivity index (χ0) is 16.5. The van der Waals surface area contributed by atoms with Gasteiger partial charge < -0.3 is 5.32 Å². The summed E-state index contributed by atoms with van der Waals surface area (Å²) >= 11 is 0. The Labute approximate surface area is 143 Å². The summed E-state index contributed by atoms with van der Waals surface area (Å²) < 4.78 is 0. The molecular formula is C20H25N3O. The molecule has 1 aliphatic heterocycles. The topological polar surface area (TPSA) is 56.2 Å². The third-order valence-corrected chi connectivity index (χ3v) is 7.25. The Morgan fingerprint density at radius 3 is 2.12 bits per heavy atom. The number of guanidine groups is 1. The standard InChI is InChI=1S/C20H25N3O/c1-23-18(24)20(22-19(23)21,16-5-3-2-4-6-16)17-14-8-12-7-13(10-14)11-15(17)9-12/h2-6,12-15,17H,7-11H2,1H3,(H2,21,22). The number of hydrogen-bond acceptors (Lipinski definition) is 2. The zero-order valence-corrected chi connectivity index (χ0v) is 14.2. The van der Waals surface area contributed by atoms with Crippen LogP contribution in [-0.4, -0.2) is 23.8 Å². The van der Waals surface area contributed by atoms with Crippen molar-refractivity contribution in [3.8, 4) is 0 Å². The molecule has 1 aromatic carbocycles. The summed E-state index contributed by atoms with van der Waals surface area (Å²) in [5.41, 5.74) is 0.317. The molecule has 4 bridgehead atoms. The summed E-state index contributed by atoms with van der Waals surface area (Å²) in [5.74, 6) is 3.64. The largest absolute Gasteiger partial charge is 0.338 e. The average Bonchev–Trinajstić information content (AvgIpc) is 2.80. The van der Waals surface area contributed by atoms with Gasteiger partial charge in [-0.2, -0.15) is 0 Å². The number of amides is 1. The minimum Gasteiger partial charge on any atom is -0.338 e. The van der Waals surface area contributed by atoms with Crippen LogP contribution in [0.15, 0.2) is 30.3 Å². The predicted octanol–water partition coefficient (Wildman–Crippen LogP) is 2.95. The van der Waals surface area contributed by atoms with Crippen molar-refractivity contribution in [1.82, 2.24) is 10.2 Å². The molecule has 0 radical (unpaired) electrons. The van der Waals surface area contributed by atoms with E-state index in [9.17, 15) is 4.79 Å². The summed E-state index contributed by atoms with van der Waals surface area (Å²) in [6.07, 6.45) is 6.52. The third-order valence-electron chi connectivity index (χ3n) is 7.25. The number of likely N-dealkylation sites (N-methyl/N-ethyl adjacent to an activating group) is 1. The fourth-order valence-corrected chi connectivity index (χ4v) is 6.64. The highest BCUT2D eigenvalue weighted by Gasteiger charge is 2.62. The average molecular weight is 323 g/mol. The van der Waals surface area contributed by atoms with Crippen LogP contribution in [0.4, 0.5) is 0 Å². The maximum Gasteiger partial charge on any atom is 0.259 e. The van der Waals surface area contributed by atoms with Crippen molar-refractivity contribution >= 4 is 11.9 Å². The molecule has 1 aromatic rings. The Morgan fingerprint density at radius 1 is 1.04 bits per heavy atom. The molecule has 2 N–H and O–H groups in total.